The molecule has 4 bridgehead atoms. The largest absolute Gasteiger partial charge is 0.477 e. The van der Waals surface area contributed by atoms with Gasteiger partial charge >= 0.3 is 11.9 Å². The van der Waals surface area contributed by atoms with E-state index in [2.05, 4.69) is 0 Å². The molecule has 1 N–H and O–H groups in total. The van der Waals surface area contributed by atoms with E-state index in [0.29, 0.717) is 23.7 Å². The summed E-state index contributed by atoms with van der Waals surface area (Å²) in [6.45, 7) is 1.98. The van der Waals surface area contributed by atoms with Crippen LogP contribution >= 0.6 is 0 Å². The van der Waals surface area contributed by atoms with Gasteiger partial charge in [0, 0.05) is 11.8 Å². The number of aliphatic carboxylic acids is 1. The van der Waals surface area contributed by atoms with Gasteiger partial charge in [0.05, 0.1) is 5.60 Å². The fraction of sp³-hybridized carbons (Fsp3) is 0.929. The second kappa shape index (κ2) is 2.14. The van der Waals surface area contributed by atoms with Crippen LogP contribution in [-0.4, -0.2) is 28.2 Å². The lowest BCUT2D eigenvalue weighted by atomic mass is 9.54. The highest BCUT2D eigenvalue weighted by atomic mass is 19.3. The highest BCUT2D eigenvalue weighted by Crippen LogP contribution is 2.94. The third-order valence-corrected chi connectivity index (χ3v) is 7.97. The van der Waals surface area contributed by atoms with Gasteiger partial charge in [0.25, 0.3) is 0 Å². The van der Waals surface area contributed by atoms with Gasteiger partial charge in [-0.15, -0.1) is 0 Å². The molecule has 0 spiro atoms. The molecule has 7 aliphatic rings. The average Bonchev–Trinajstić information content (AvgIpc) is 2.88. The molecule has 0 aromatic carbocycles. The Bertz CT molecular complexity index is 577. The summed E-state index contributed by atoms with van der Waals surface area (Å²) in [5.74, 6) is -3.94. The average molecular weight is 268 g/mol. The van der Waals surface area contributed by atoms with Crippen molar-refractivity contribution >= 4 is 5.97 Å². The lowest BCUT2D eigenvalue weighted by molar-refractivity contribution is -0.227. The summed E-state index contributed by atoms with van der Waals surface area (Å²) < 4.78 is 34.9. The minimum Gasteiger partial charge on any atom is -0.477 e. The molecule has 7 rings (SSSR count). The first kappa shape index (κ1) is 10.1. The number of halogens is 2. The van der Waals surface area contributed by atoms with E-state index >= 15 is 0 Å². The van der Waals surface area contributed by atoms with Crippen LogP contribution in [0.15, 0.2) is 0 Å². The SMILES string of the molecule is C[C@]12O[C@@]3(C(F)(F)C(=O)O)[C@@H]4[C@H]5[C@@H]6C[C@H]([C@H]5[C@H]41)[C@@H]2[C@H]63. The van der Waals surface area contributed by atoms with E-state index in [4.69, 9.17) is 9.84 Å². The molecule has 19 heavy (non-hydrogen) atoms. The van der Waals surface area contributed by atoms with E-state index in [0.717, 1.165) is 6.42 Å². The van der Waals surface area contributed by atoms with Crippen molar-refractivity contribution in [1.29, 1.82) is 0 Å². The Kier molecular flexibility index (Phi) is 1.14. The van der Waals surface area contributed by atoms with Crippen LogP contribution in [0.4, 0.5) is 8.78 Å². The lowest BCUT2D eigenvalue weighted by Crippen LogP contribution is -2.61. The standard InChI is InChI=1S/C14H14F2O3/c1-12-7-3-2-4-6-5(3)9(12)10(6)13(19-12,8(4)7)14(15,16)11(17)18/h3-10H,2H2,1H3,(H,17,18)/t3-,4+,5-,6+,7-,8+,9-,10-,12-,13-/m1/s1. The van der Waals surface area contributed by atoms with Gasteiger partial charge in [-0.2, -0.15) is 8.78 Å². The fourth-order valence-corrected chi connectivity index (χ4v) is 8.24. The van der Waals surface area contributed by atoms with Crippen LogP contribution in [0.3, 0.4) is 0 Å². The summed E-state index contributed by atoms with van der Waals surface area (Å²) >= 11 is 0. The van der Waals surface area contributed by atoms with Gasteiger partial charge in [-0.25, -0.2) is 4.79 Å². The quantitative estimate of drug-likeness (QED) is 0.828. The van der Waals surface area contributed by atoms with Gasteiger partial charge < -0.3 is 9.84 Å². The smallest absolute Gasteiger partial charge is 0.377 e. The van der Waals surface area contributed by atoms with Gasteiger partial charge in [0.15, 0.2) is 5.60 Å². The second-order valence-electron chi connectivity index (χ2n) is 7.78. The summed E-state index contributed by atoms with van der Waals surface area (Å²) in [6.07, 6.45) is 1.05. The van der Waals surface area contributed by atoms with E-state index in [1.807, 2.05) is 6.92 Å². The van der Waals surface area contributed by atoms with Gasteiger partial charge in [-0.3, -0.25) is 0 Å². The Morgan fingerprint density at radius 3 is 2.53 bits per heavy atom. The maximum Gasteiger partial charge on any atom is 0.377 e. The summed E-state index contributed by atoms with van der Waals surface area (Å²) in [5, 5.41) is 9.03. The molecule has 0 aromatic rings. The predicted molar refractivity (Wildman–Crippen MR) is 57.3 cm³/mol. The number of hydrogen-bond acceptors (Lipinski definition) is 2. The van der Waals surface area contributed by atoms with Crippen LogP contribution < -0.4 is 0 Å². The number of carboxylic acid groups (broad SMARTS) is 1. The zero-order chi connectivity index (χ0) is 13.1. The first-order chi connectivity index (χ1) is 8.87. The van der Waals surface area contributed by atoms with Crippen LogP contribution in [0, 0.1) is 47.3 Å². The molecular formula is C14H14F2O3. The third kappa shape index (κ3) is 0.569. The molecule has 7 fully saturated rings. The van der Waals surface area contributed by atoms with Crippen LogP contribution in [-0.2, 0) is 9.53 Å². The summed E-state index contributed by atoms with van der Waals surface area (Å²) in [5.41, 5.74) is -2.12. The van der Waals surface area contributed by atoms with Crippen molar-refractivity contribution in [1.82, 2.24) is 0 Å². The van der Waals surface area contributed by atoms with Crippen molar-refractivity contribution < 1.29 is 23.4 Å². The molecule has 10 atom stereocenters. The van der Waals surface area contributed by atoms with E-state index in [-0.39, 0.29) is 23.7 Å². The first-order valence-corrected chi connectivity index (χ1v) is 7.19. The van der Waals surface area contributed by atoms with E-state index < -0.39 is 23.1 Å². The van der Waals surface area contributed by atoms with Crippen LogP contribution in [0.1, 0.15) is 13.3 Å². The number of rotatable bonds is 2. The van der Waals surface area contributed by atoms with Crippen molar-refractivity contribution in [3.8, 4) is 0 Å². The lowest BCUT2D eigenvalue weighted by Gasteiger charge is -2.47. The van der Waals surface area contributed by atoms with Gasteiger partial charge in [0.2, 0.25) is 0 Å². The van der Waals surface area contributed by atoms with Crippen LogP contribution in [0.2, 0.25) is 0 Å². The third-order valence-electron chi connectivity index (χ3n) is 7.97. The molecular weight excluding hydrogens is 254 g/mol. The molecule has 5 aliphatic carbocycles. The Hall–Kier alpha value is -0.710. The van der Waals surface area contributed by atoms with E-state index in [9.17, 15) is 13.6 Å². The van der Waals surface area contributed by atoms with Gasteiger partial charge in [-0.05, 0) is 48.9 Å². The maximum atomic E-state index is 14.5. The Morgan fingerprint density at radius 2 is 1.84 bits per heavy atom. The molecule has 3 nitrogen and oxygen atoms in total. The van der Waals surface area contributed by atoms with Crippen LogP contribution in [0.5, 0.6) is 0 Å². The number of carboxylic acids is 1. The van der Waals surface area contributed by atoms with Crippen molar-refractivity contribution in [3.63, 3.8) is 0 Å². The predicted octanol–water partition coefficient (Wildman–Crippen LogP) is 1.62. The number of alkyl halides is 2. The normalized spacial score (nSPS) is 72.4. The molecule has 0 aromatic heterocycles. The molecule has 5 heteroatoms. The molecule has 0 radical (unpaired) electrons. The minimum absolute atomic E-state index is 0.188. The Balaban J connectivity index is 1.67. The fourth-order valence-electron chi connectivity index (χ4n) is 8.24. The zero-order valence-electron chi connectivity index (χ0n) is 10.3. The maximum absolute atomic E-state index is 14.5. The second-order valence-corrected chi connectivity index (χ2v) is 7.78. The summed E-state index contributed by atoms with van der Waals surface area (Å²) in [7, 11) is 0. The zero-order valence-corrected chi connectivity index (χ0v) is 10.3. The van der Waals surface area contributed by atoms with Crippen molar-refractivity contribution in [2.75, 3.05) is 0 Å². The van der Waals surface area contributed by atoms with Crippen molar-refractivity contribution in [2.45, 2.75) is 30.5 Å². The summed E-state index contributed by atoms with van der Waals surface area (Å²) in [4.78, 5) is 11.1. The highest BCUT2D eigenvalue weighted by molar-refractivity contribution is 5.78. The minimum atomic E-state index is -3.73. The van der Waals surface area contributed by atoms with Gasteiger partial charge in [0.1, 0.15) is 0 Å². The topological polar surface area (TPSA) is 46.5 Å². The molecule has 2 aliphatic heterocycles. The number of ether oxygens (including phenoxy) is 1. The molecule has 0 amide bonds. The van der Waals surface area contributed by atoms with E-state index in [1.54, 1.807) is 0 Å². The molecule has 5 saturated carbocycles. The highest BCUT2D eigenvalue weighted by Gasteiger charge is 3.00. The van der Waals surface area contributed by atoms with Crippen molar-refractivity contribution in [2.24, 2.45) is 47.3 Å². The van der Waals surface area contributed by atoms with Crippen LogP contribution in [0.25, 0.3) is 0 Å². The monoisotopic (exact) mass is 268 g/mol. The van der Waals surface area contributed by atoms with Crippen molar-refractivity contribution in [3.05, 3.63) is 0 Å². The Morgan fingerprint density at radius 1 is 1.21 bits per heavy atom. The molecule has 0 unspecified atom stereocenters. The Labute approximate surface area is 108 Å². The number of hydrogen-bond donors (Lipinski definition) is 1. The molecule has 2 saturated heterocycles. The summed E-state index contributed by atoms with van der Waals surface area (Å²) in [6, 6.07) is 0. The molecule has 2 heterocycles. The first-order valence-electron chi connectivity index (χ1n) is 7.19. The van der Waals surface area contributed by atoms with E-state index in [1.165, 1.54) is 0 Å². The van der Waals surface area contributed by atoms with Gasteiger partial charge in [-0.1, -0.05) is 0 Å². The number of carbonyl (C=O) groups is 1. The molecule has 102 valence electrons.